The number of likely N-dealkylation sites (N-methyl/N-ethyl adjacent to an activating group) is 1. The topological polar surface area (TPSA) is 20.3 Å². The predicted octanol–water partition coefficient (Wildman–Crippen LogP) is 3.57. The van der Waals surface area contributed by atoms with Crippen LogP contribution in [0.25, 0.3) is 0 Å². The second-order valence-electron chi connectivity index (χ2n) is 4.48. The number of carbonyl (C=O) groups excluding carboxylic acids is 1. The van der Waals surface area contributed by atoms with Gasteiger partial charge in [0.2, 0.25) is 5.91 Å². The second-order valence-corrected chi connectivity index (χ2v) is 5.51. The van der Waals surface area contributed by atoms with Crippen molar-refractivity contribution in [3.63, 3.8) is 0 Å². The molecule has 2 aromatic rings. The summed E-state index contributed by atoms with van der Waals surface area (Å²) in [6.07, 6.45) is 0.473. The van der Waals surface area contributed by atoms with Gasteiger partial charge in [0.25, 0.3) is 0 Å². The molecule has 0 unspecified atom stereocenters. The van der Waals surface area contributed by atoms with E-state index in [-0.39, 0.29) is 5.91 Å². The molecule has 0 bridgehead atoms. The van der Waals surface area contributed by atoms with Crippen LogP contribution in [0.2, 0.25) is 0 Å². The third-order valence-electron chi connectivity index (χ3n) is 3.16. The minimum absolute atomic E-state index is 0.126. The summed E-state index contributed by atoms with van der Waals surface area (Å²) in [5, 5.41) is 2.00. The summed E-state index contributed by atoms with van der Waals surface area (Å²) in [6, 6.07) is 10.1. The largest absolute Gasteiger partial charge is 0.315 e. The molecule has 0 spiro atoms. The van der Waals surface area contributed by atoms with Crippen LogP contribution >= 0.6 is 11.3 Å². The van der Waals surface area contributed by atoms with Crippen molar-refractivity contribution in [2.24, 2.45) is 0 Å². The Morgan fingerprint density at radius 1 is 1.22 bits per heavy atom. The highest BCUT2D eigenvalue weighted by Gasteiger charge is 2.12. The van der Waals surface area contributed by atoms with Gasteiger partial charge in [-0.3, -0.25) is 4.79 Å². The first-order chi connectivity index (χ1) is 8.58. The number of carbonyl (C=O) groups is 1. The van der Waals surface area contributed by atoms with Crippen LogP contribution in [0.1, 0.15) is 16.0 Å². The molecule has 2 rings (SSSR count). The van der Waals surface area contributed by atoms with E-state index in [0.717, 1.165) is 10.6 Å². The monoisotopic (exact) mass is 259 g/mol. The maximum Gasteiger partial charge on any atom is 0.231 e. The number of thiophene rings is 1. The lowest BCUT2D eigenvalue weighted by Crippen LogP contribution is -2.27. The van der Waals surface area contributed by atoms with Crippen molar-refractivity contribution >= 4 is 22.9 Å². The van der Waals surface area contributed by atoms with Crippen LogP contribution in [0, 0.1) is 13.8 Å². The van der Waals surface area contributed by atoms with Crippen molar-refractivity contribution in [2.45, 2.75) is 20.3 Å². The van der Waals surface area contributed by atoms with E-state index in [9.17, 15) is 4.79 Å². The molecule has 1 heterocycles. The second kappa shape index (κ2) is 5.36. The molecule has 94 valence electrons. The van der Waals surface area contributed by atoms with E-state index in [2.05, 4.69) is 26.0 Å². The van der Waals surface area contributed by atoms with Crippen molar-refractivity contribution in [1.82, 2.24) is 0 Å². The molecule has 0 saturated heterocycles. The molecule has 0 saturated carbocycles. The zero-order chi connectivity index (χ0) is 13.1. The Kier molecular flexibility index (Phi) is 3.82. The van der Waals surface area contributed by atoms with Crippen LogP contribution < -0.4 is 4.90 Å². The standard InChI is InChI=1S/C15H17NOS/c1-11-6-7-13(9-12(11)2)16(3)15(17)10-14-5-4-8-18-14/h4-9H,10H2,1-3H3. The minimum Gasteiger partial charge on any atom is -0.315 e. The van der Waals surface area contributed by atoms with Crippen LogP contribution in [-0.2, 0) is 11.2 Å². The first-order valence-corrected chi connectivity index (χ1v) is 6.82. The Balaban J connectivity index is 2.12. The van der Waals surface area contributed by atoms with Crippen molar-refractivity contribution in [3.05, 3.63) is 51.7 Å². The summed E-state index contributed by atoms with van der Waals surface area (Å²) in [5.74, 6) is 0.126. The van der Waals surface area contributed by atoms with Gasteiger partial charge < -0.3 is 4.90 Å². The summed E-state index contributed by atoms with van der Waals surface area (Å²) in [5.41, 5.74) is 3.42. The molecule has 0 N–H and O–H groups in total. The van der Waals surface area contributed by atoms with E-state index >= 15 is 0 Å². The fourth-order valence-corrected chi connectivity index (χ4v) is 2.45. The molecule has 0 fully saturated rings. The fraction of sp³-hybridized carbons (Fsp3) is 0.267. The van der Waals surface area contributed by atoms with Crippen molar-refractivity contribution in [1.29, 1.82) is 0 Å². The number of anilines is 1. The quantitative estimate of drug-likeness (QED) is 0.825. The maximum absolute atomic E-state index is 12.1. The van der Waals surface area contributed by atoms with Crippen molar-refractivity contribution < 1.29 is 4.79 Å². The Morgan fingerprint density at radius 2 is 2.00 bits per heavy atom. The van der Waals surface area contributed by atoms with Crippen LogP contribution in [-0.4, -0.2) is 13.0 Å². The fourth-order valence-electron chi connectivity index (χ4n) is 1.76. The van der Waals surface area contributed by atoms with Gasteiger partial charge in [0.15, 0.2) is 0 Å². The van der Waals surface area contributed by atoms with E-state index in [4.69, 9.17) is 0 Å². The molecular weight excluding hydrogens is 242 g/mol. The van der Waals surface area contributed by atoms with E-state index in [0.29, 0.717) is 6.42 Å². The molecule has 0 aliphatic heterocycles. The molecule has 18 heavy (non-hydrogen) atoms. The molecule has 0 atom stereocenters. The number of amides is 1. The van der Waals surface area contributed by atoms with Crippen LogP contribution in [0.15, 0.2) is 35.7 Å². The van der Waals surface area contributed by atoms with Gasteiger partial charge in [0.1, 0.15) is 0 Å². The lowest BCUT2D eigenvalue weighted by atomic mass is 10.1. The summed E-state index contributed by atoms with van der Waals surface area (Å²) in [7, 11) is 1.83. The third kappa shape index (κ3) is 2.79. The summed E-state index contributed by atoms with van der Waals surface area (Å²) in [4.78, 5) is 15.0. The van der Waals surface area contributed by atoms with Crippen molar-refractivity contribution in [2.75, 3.05) is 11.9 Å². The zero-order valence-electron chi connectivity index (χ0n) is 10.9. The number of nitrogens with zero attached hydrogens (tertiary/aromatic N) is 1. The van der Waals surface area contributed by atoms with E-state index in [1.165, 1.54) is 11.1 Å². The maximum atomic E-state index is 12.1. The number of hydrogen-bond donors (Lipinski definition) is 0. The number of benzene rings is 1. The molecule has 1 aromatic carbocycles. The summed E-state index contributed by atoms with van der Waals surface area (Å²) >= 11 is 1.62. The third-order valence-corrected chi connectivity index (χ3v) is 4.03. The highest BCUT2D eigenvalue weighted by molar-refractivity contribution is 7.10. The zero-order valence-corrected chi connectivity index (χ0v) is 11.8. The first-order valence-electron chi connectivity index (χ1n) is 5.94. The number of rotatable bonds is 3. The molecule has 1 aromatic heterocycles. The summed E-state index contributed by atoms with van der Waals surface area (Å²) < 4.78 is 0. The molecule has 1 amide bonds. The molecule has 0 aliphatic rings. The minimum atomic E-state index is 0.126. The number of aryl methyl sites for hydroxylation is 2. The van der Waals surface area contributed by atoms with Crippen molar-refractivity contribution in [3.8, 4) is 0 Å². The Morgan fingerprint density at radius 3 is 2.61 bits per heavy atom. The normalized spacial score (nSPS) is 10.4. The smallest absolute Gasteiger partial charge is 0.231 e. The summed E-state index contributed by atoms with van der Waals surface area (Å²) in [6.45, 7) is 4.14. The predicted molar refractivity (Wildman–Crippen MR) is 77.3 cm³/mol. The highest BCUT2D eigenvalue weighted by atomic mass is 32.1. The van der Waals surface area contributed by atoms with E-state index < -0.39 is 0 Å². The van der Waals surface area contributed by atoms with Gasteiger partial charge in [-0.15, -0.1) is 11.3 Å². The van der Waals surface area contributed by atoms with Gasteiger partial charge in [0, 0.05) is 17.6 Å². The average Bonchev–Trinajstić information content (AvgIpc) is 2.84. The van der Waals surface area contributed by atoms with E-state index in [1.54, 1.807) is 16.2 Å². The van der Waals surface area contributed by atoms with Gasteiger partial charge in [-0.25, -0.2) is 0 Å². The van der Waals surface area contributed by atoms with Gasteiger partial charge in [0.05, 0.1) is 6.42 Å². The highest BCUT2D eigenvalue weighted by Crippen LogP contribution is 2.19. The molecular formula is C15H17NOS. The van der Waals surface area contributed by atoms with Gasteiger partial charge >= 0.3 is 0 Å². The molecule has 0 aliphatic carbocycles. The Bertz CT molecular complexity index is 546. The lowest BCUT2D eigenvalue weighted by molar-refractivity contribution is -0.117. The molecule has 0 radical (unpaired) electrons. The van der Waals surface area contributed by atoms with Crippen LogP contribution in [0.4, 0.5) is 5.69 Å². The van der Waals surface area contributed by atoms with E-state index in [1.807, 2.05) is 30.6 Å². The molecule has 2 nitrogen and oxygen atoms in total. The molecule has 3 heteroatoms. The lowest BCUT2D eigenvalue weighted by Gasteiger charge is -2.18. The first kappa shape index (κ1) is 12.8. The van der Waals surface area contributed by atoms with Crippen LogP contribution in [0.3, 0.4) is 0 Å². The Labute approximate surface area is 112 Å². The average molecular weight is 259 g/mol. The SMILES string of the molecule is Cc1ccc(N(C)C(=O)Cc2cccs2)cc1C. The number of hydrogen-bond acceptors (Lipinski definition) is 2. The van der Waals surface area contributed by atoms with Gasteiger partial charge in [-0.05, 0) is 48.6 Å². The van der Waals surface area contributed by atoms with Gasteiger partial charge in [-0.2, -0.15) is 0 Å². The van der Waals surface area contributed by atoms with Crippen LogP contribution in [0.5, 0.6) is 0 Å². The van der Waals surface area contributed by atoms with Gasteiger partial charge in [-0.1, -0.05) is 12.1 Å². The Hall–Kier alpha value is -1.61.